The van der Waals surface area contributed by atoms with Crippen molar-refractivity contribution < 1.29 is 9.05 Å². The molecule has 13 heavy (non-hydrogen) atoms. The number of nitrogens with one attached hydrogen (secondary N) is 1. The zero-order chi connectivity index (χ0) is 8.93. The molecule has 0 saturated carbocycles. The van der Waals surface area contributed by atoms with E-state index in [4.69, 9.17) is 0 Å². The highest BCUT2D eigenvalue weighted by molar-refractivity contribution is 5.35. The molecule has 0 aromatic carbocycles. The molecule has 0 aliphatic rings. The summed E-state index contributed by atoms with van der Waals surface area (Å²) in [6.45, 7) is 0. The van der Waals surface area contributed by atoms with Crippen LogP contribution in [0, 0.1) is 0 Å². The molecule has 0 unspecified atom stereocenters. The Morgan fingerprint density at radius 2 is 2.00 bits per heavy atom. The van der Waals surface area contributed by atoms with Gasteiger partial charge in [-0.2, -0.15) is 0 Å². The largest absolute Gasteiger partial charge is 0.362 e. The van der Waals surface area contributed by atoms with Gasteiger partial charge in [-0.25, -0.2) is 0 Å². The van der Waals surface area contributed by atoms with Gasteiger partial charge >= 0.3 is 0 Å². The molecule has 2 heterocycles. The molecule has 0 atom stereocenters. The zero-order valence-electron chi connectivity index (χ0n) is 6.41. The lowest BCUT2D eigenvalue weighted by atomic mass is 10.6. The van der Waals surface area contributed by atoms with Gasteiger partial charge in [0.05, 0.1) is 12.4 Å². The smallest absolute Gasteiger partial charge is 0.151 e. The molecule has 2 aromatic rings. The first-order chi connectivity index (χ1) is 6.45. The van der Waals surface area contributed by atoms with Gasteiger partial charge in [0.15, 0.2) is 6.26 Å². The van der Waals surface area contributed by atoms with E-state index in [2.05, 4.69) is 35.1 Å². The van der Waals surface area contributed by atoms with Crippen LogP contribution in [-0.2, 0) is 0 Å². The van der Waals surface area contributed by atoms with E-state index < -0.39 is 0 Å². The fourth-order valence-electron chi connectivity index (χ4n) is 0.649. The van der Waals surface area contributed by atoms with Gasteiger partial charge in [-0.05, 0) is 0 Å². The molecule has 0 fully saturated rings. The minimum Gasteiger partial charge on any atom is -0.362 e. The van der Waals surface area contributed by atoms with E-state index in [0.717, 1.165) is 0 Å². The second-order valence-corrected chi connectivity index (χ2v) is 2.11. The lowest BCUT2D eigenvalue weighted by molar-refractivity contribution is 0.420. The van der Waals surface area contributed by atoms with Crippen molar-refractivity contribution >= 4 is 11.4 Å². The van der Waals surface area contributed by atoms with Crippen LogP contribution in [0.1, 0.15) is 0 Å². The summed E-state index contributed by atoms with van der Waals surface area (Å²) in [5.74, 6) is 0. The highest BCUT2D eigenvalue weighted by Gasteiger charge is 1.92. The number of nitrogens with zero attached hydrogens (tertiary/aromatic N) is 4. The van der Waals surface area contributed by atoms with Crippen LogP contribution in [0.5, 0.6) is 0 Å². The van der Waals surface area contributed by atoms with Crippen molar-refractivity contribution in [2.24, 2.45) is 10.3 Å². The predicted molar refractivity (Wildman–Crippen MR) is 41.1 cm³/mol. The number of anilines is 1. The molecule has 0 amide bonds. The summed E-state index contributed by atoms with van der Waals surface area (Å²) in [6, 6.07) is 0. The Kier molecular flexibility index (Phi) is 2.00. The van der Waals surface area contributed by atoms with Crippen LogP contribution >= 0.6 is 0 Å². The molecule has 1 N–H and O–H groups in total. The molecule has 7 heteroatoms. The molecule has 0 radical (unpaired) electrons. The highest BCUT2D eigenvalue weighted by Crippen LogP contribution is 2.10. The minimum absolute atomic E-state index is 0.531. The Bertz CT molecular complexity index is 366. The van der Waals surface area contributed by atoms with E-state index in [1.165, 1.54) is 24.9 Å². The molecule has 0 saturated heterocycles. The number of hydrogen-bond donors (Lipinski definition) is 1. The summed E-state index contributed by atoms with van der Waals surface area (Å²) in [4.78, 5) is 0. The Hall–Kier alpha value is -2.18. The average molecular weight is 179 g/mol. The Labute approximate surface area is 72.4 Å². The quantitative estimate of drug-likeness (QED) is 0.572. The SMILES string of the molecule is c1nocc1N=NNc1cnoc1. The maximum atomic E-state index is 4.56. The van der Waals surface area contributed by atoms with Crippen LogP contribution in [0.4, 0.5) is 11.4 Å². The van der Waals surface area contributed by atoms with Crippen molar-refractivity contribution in [3.8, 4) is 0 Å². The van der Waals surface area contributed by atoms with Gasteiger partial charge in [0.25, 0.3) is 0 Å². The van der Waals surface area contributed by atoms with E-state index in [1.807, 2.05) is 0 Å². The summed E-state index contributed by atoms with van der Waals surface area (Å²) >= 11 is 0. The van der Waals surface area contributed by atoms with Gasteiger partial charge in [0.2, 0.25) is 0 Å². The van der Waals surface area contributed by atoms with Gasteiger partial charge in [-0.15, -0.1) is 5.11 Å². The second-order valence-electron chi connectivity index (χ2n) is 2.11. The first-order valence-electron chi connectivity index (χ1n) is 3.40. The van der Waals surface area contributed by atoms with Crippen LogP contribution in [-0.4, -0.2) is 10.3 Å². The van der Waals surface area contributed by atoms with E-state index >= 15 is 0 Å². The molecular weight excluding hydrogens is 174 g/mol. The third kappa shape index (κ3) is 1.89. The van der Waals surface area contributed by atoms with E-state index in [-0.39, 0.29) is 0 Å². The lowest BCUT2D eigenvalue weighted by Crippen LogP contribution is -1.81. The molecule has 2 aromatic heterocycles. The zero-order valence-corrected chi connectivity index (χ0v) is 6.41. The van der Waals surface area contributed by atoms with Gasteiger partial charge in [-0.1, -0.05) is 15.5 Å². The molecule has 0 aliphatic heterocycles. The summed E-state index contributed by atoms with van der Waals surface area (Å²) in [5.41, 5.74) is 3.75. The molecule has 0 spiro atoms. The summed E-state index contributed by atoms with van der Waals surface area (Å²) in [6.07, 6.45) is 5.71. The van der Waals surface area contributed by atoms with Gasteiger partial charge in [0.1, 0.15) is 17.6 Å². The van der Waals surface area contributed by atoms with E-state index in [9.17, 15) is 0 Å². The highest BCUT2D eigenvalue weighted by atomic mass is 16.5. The van der Waals surface area contributed by atoms with Crippen LogP contribution in [0.25, 0.3) is 0 Å². The summed E-state index contributed by atoms with van der Waals surface area (Å²) < 4.78 is 9.10. The fourth-order valence-corrected chi connectivity index (χ4v) is 0.649. The van der Waals surface area contributed by atoms with E-state index in [1.54, 1.807) is 0 Å². The average Bonchev–Trinajstić information content (AvgIpc) is 2.75. The second kappa shape index (κ2) is 3.48. The summed E-state index contributed by atoms with van der Waals surface area (Å²) in [5, 5.41) is 14.3. The lowest BCUT2D eigenvalue weighted by Gasteiger charge is -1.87. The van der Waals surface area contributed by atoms with Crippen molar-refractivity contribution in [2.75, 3.05) is 5.43 Å². The normalized spacial score (nSPS) is 10.8. The van der Waals surface area contributed by atoms with Crippen LogP contribution in [0.2, 0.25) is 0 Å². The Morgan fingerprint density at radius 3 is 2.69 bits per heavy atom. The molecular formula is C6H5N5O2. The van der Waals surface area contributed by atoms with Crippen LogP contribution in [0.3, 0.4) is 0 Å². The molecule has 7 nitrogen and oxygen atoms in total. The Balaban J connectivity index is 1.93. The maximum absolute atomic E-state index is 4.56. The number of aromatic nitrogens is 2. The molecule has 0 aliphatic carbocycles. The predicted octanol–water partition coefficient (Wildman–Crippen LogP) is 1.77. The molecule has 66 valence electrons. The number of hydrogen-bond acceptors (Lipinski definition) is 6. The number of rotatable bonds is 3. The Morgan fingerprint density at radius 1 is 1.15 bits per heavy atom. The third-order valence-corrected chi connectivity index (χ3v) is 1.20. The van der Waals surface area contributed by atoms with Crippen molar-refractivity contribution in [2.45, 2.75) is 0 Å². The maximum Gasteiger partial charge on any atom is 0.151 e. The van der Waals surface area contributed by atoms with Crippen LogP contribution in [0.15, 0.2) is 44.3 Å². The van der Waals surface area contributed by atoms with Crippen molar-refractivity contribution in [1.82, 2.24) is 10.3 Å². The molecule has 2 rings (SSSR count). The summed E-state index contributed by atoms with van der Waals surface area (Å²) in [7, 11) is 0. The fraction of sp³-hybridized carbons (Fsp3) is 0. The third-order valence-electron chi connectivity index (χ3n) is 1.20. The van der Waals surface area contributed by atoms with Crippen molar-refractivity contribution in [3.05, 3.63) is 24.9 Å². The minimum atomic E-state index is 0.531. The van der Waals surface area contributed by atoms with Gasteiger partial charge in [-0.3, -0.25) is 5.43 Å². The van der Waals surface area contributed by atoms with E-state index in [0.29, 0.717) is 11.4 Å². The van der Waals surface area contributed by atoms with Gasteiger partial charge < -0.3 is 9.05 Å². The first kappa shape index (κ1) is 7.47. The van der Waals surface area contributed by atoms with Crippen molar-refractivity contribution in [1.29, 1.82) is 0 Å². The van der Waals surface area contributed by atoms with Crippen LogP contribution < -0.4 is 5.43 Å². The van der Waals surface area contributed by atoms with Crippen molar-refractivity contribution in [3.63, 3.8) is 0 Å². The van der Waals surface area contributed by atoms with Gasteiger partial charge in [0, 0.05) is 0 Å². The standard InChI is InChI=1S/C6H5N5O2/c1-5(3-12-7-1)9-11-10-6-2-8-13-4-6/h1-4H,(H,9,10). The monoisotopic (exact) mass is 179 g/mol. The molecule has 0 bridgehead atoms. The first-order valence-corrected chi connectivity index (χ1v) is 3.40. The topological polar surface area (TPSA) is 88.8 Å².